The molecule has 0 saturated carbocycles. The minimum absolute atomic E-state index is 0.0146. The van der Waals surface area contributed by atoms with Crippen molar-refractivity contribution in [3.05, 3.63) is 101 Å². The smallest absolute Gasteiger partial charge is 0.248 e. The Morgan fingerprint density at radius 2 is 1.62 bits per heavy atom. The van der Waals surface area contributed by atoms with E-state index in [0.29, 0.717) is 86.3 Å². The Bertz CT molecular complexity index is 2740. The number of carbonyl (C=O) groups is 4. The normalized spacial score (nSPS) is 15.1. The van der Waals surface area contributed by atoms with Crippen molar-refractivity contribution in [1.82, 2.24) is 35.4 Å². The number of rotatable bonds is 29. The number of likely N-dealkylation sites (tertiary alicyclic amines) is 1. The third-order valence-electron chi connectivity index (χ3n) is 12.6. The highest BCUT2D eigenvalue weighted by molar-refractivity contribution is 7.13. The van der Waals surface area contributed by atoms with Gasteiger partial charge in [-0.05, 0) is 100 Å². The van der Waals surface area contributed by atoms with E-state index >= 15 is 0 Å². The summed E-state index contributed by atoms with van der Waals surface area (Å²) in [5, 5.41) is 23.1. The topological polar surface area (TPSA) is 209 Å². The van der Waals surface area contributed by atoms with Crippen molar-refractivity contribution in [1.29, 1.82) is 0 Å². The molecule has 0 spiro atoms. The molecule has 1 fully saturated rings. The minimum atomic E-state index is -0.879. The number of unbranched alkanes of at least 4 members (excludes halogenated alkanes) is 4. The number of aromatic nitrogens is 3. The first kappa shape index (κ1) is 59.2. The number of fused-ring (bicyclic) bond motifs is 1. The van der Waals surface area contributed by atoms with E-state index in [-0.39, 0.29) is 54.6 Å². The van der Waals surface area contributed by atoms with Crippen LogP contribution < -0.4 is 26.0 Å². The number of nitrogens with one attached hydrogen (secondary N) is 4. The number of likely N-dealkylation sites (N-methyl/N-ethyl adjacent to an activating group) is 1. The summed E-state index contributed by atoms with van der Waals surface area (Å²) >= 11 is 7.58. The molecule has 3 heterocycles. The number of aliphatic hydroxyl groups is 1. The number of amides is 4. The van der Waals surface area contributed by atoms with Crippen molar-refractivity contribution in [3.8, 4) is 16.2 Å². The Morgan fingerprint density at radius 1 is 0.921 bits per heavy atom. The number of nitrogens with zero attached hydrogens (tertiary/aromatic N) is 5. The highest BCUT2D eigenvalue weighted by Crippen LogP contribution is 2.35. The second-order valence-corrected chi connectivity index (χ2v) is 21.5. The third-order valence-corrected chi connectivity index (χ3v) is 13.9. The van der Waals surface area contributed by atoms with Crippen LogP contribution in [0.25, 0.3) is 21.3 Å². The van der Waals surface area contributed by atoms with E-state index in [9.17, 15) is 28.7 Å². The number of halogens is 2. The number of aliphatic hydroxyl groups excluding tert-OH is 1. The Morgan fingerprint density at radius 3 is 2.28 bits per heavy atom. The summed E-state index contributed by atoms with van der Waals surface area (Å²) < 4.78 is 31.7. The zero-order chi connectivity index (χ0) is 54.6. The molecule has 3 aromatic carbocycles. The fraction of sp³-hybridized carbons (Fsp3) is 0.482. The number of β-amino-alcohol motifs (C(OH)–C–C–N with tert-alkyl or cyclic N) is 1. The maximum Gasteiger partial charge on any atom is 0.248 e. The minimum Gasteiger partial charge on any atom is -0.491 e. The average molecular weight is 1090 g/mol. The Kier molecular flexibility index (Phi) is 22.9. The maximum absolute atomic E-state index is 14.0. The van der Waals surface area contributed by atoms with Gasteiger partial charge in [0.25, 0.3) is 0 Å². The number of thiazole rings is 1. The molecule has 0 radical (unpaired) electrons. The lowest BCUT2D eigenvalue weighted by molar-refractivity contribution is -0.144. The number of carbonyl (C=O) groups excluding carboxylic acids is 4. The fourth-order valence-electron chi connectivity index (χ4n) is 8.44. The highest BCUT2D eigenvalue weighted by Gasteiger charge is 2.44. The zero-order valence-electron chi connectivity index (χ0n) is 44.5. The van der Waals surface area contributed by atoms with E-state index in [4.69, 9.17) is 25.8 Å². The van der Waals surface area contributed by atoms with Gasteiger partial charge in [0.05, 0.1) is 45.0 Å². The molecule has 0 bridgehead atoms. The van der Waals surface area contributed by atoms with Gasteiger partial charge in [-0.15, -0.1) is 11.3 Å². The summed E-state index contributed by atoms with van der Waals surface area (Å²) in [7, 11) is 3.83. The van der Waals surface area contributed by atoms with E-state index < -0.39 is 29.4 Å². The van der Waals surface area contributed by atoms with Gasteiger partial charge in [0, 0.05) is 82.1 Å². The monoisotopic (exact) mass is 1090 g/mol. The first-order valence-electron chi connectivity index (χ1n) is 25.9. The lowest BCUT2D eigenvalue weighted by Crippen LogP contribution is -2.57. The van der Waals surface area contributed by atoms with Gasteiger partial charge in [0.1, 0.15) is 35.8 Å². The van der Waals surface area contributed by atoms with E-state index in [0.717, 1.165) is 53.8 Å². The van der Waals surface area contributed by atoms with Gasteiger partial charge in [0.15, 0.2) is 0 Å². The van der Waals surface area contributed by atoms with Crippen LogP contribution in [0.3, 0.4) is 0 Å². The van der Waals surface area contributed by atoms with Crippen LogP contribution in [0.2, 0.25) is 5.02 Å². The number of hydrogen-bond donors (Lipinski definition) is 5. The second-order valence-electron chi connectivity index (χ2n) is 20.2. The average Bonchev–Trinajstić information content (AvgIpc) is 4.00. The summed E-state index contributed by atoms with van der Waals surface area (Å²) in [6.45, 7) is 11.2. The first-order valence-corrected chi connectivity index (χ1v) is 27.2. The van der Waals surface area contributed by atoms with Crippen LogP contribution in [0.5, 0.6) is 5.75 Å². The molecule has 0 aliphatic carbocycles. The fourth-order valence-corrected chi connectivity index (χ4v) is 9.43. The van der Waals surface area contributed by atoms with Gasteiger partial charge >= 0.3 is 0 Å². The number of aryl methyl sites for hydroxylation is 1. The molecule has 20 heteroatoms. The molecular weight excluding hydrogens is 1010 g/mol. The van der Waals surface area contributed by atoms with E-state index in [2.05, 4.69) is 36.2 Å². The van der Waals surface area contributed by atoms with Gasteiger partial charge in [0.2, 0.25) is 23.6 Å². The lowest BCUT2D eigenvalue weighted by Gasteiger charge is -2.35. The van der Waals surface area contributed by atoms with Crippen LogP contribution in [0, 0.1) is 18.2 Å². The molecule has 3 unspecified atom stereocenters. The zero-order valence-corrected chi connectivity index (χ0v) is 46.0. The molecule has 2 aromatic heterocycles. The van der Waals surface area contributed by atoms with Crippen molar-refractivity contribution in [3.63, 3.8) is 0 Å². The van der Waals surface area contributed by atoms with Crippen LogP contribution in [-0.2, 0) is 35.2 Å². The number of benzene rings is 3. The lowest BCUT2D eigenvalue weighted by atomic mass is 9.85. The van der Waals surface area contributed by atoms with Crippen molar-refractivity contribution in [2.45, 2.75) is 110 Å². The van der Waals surface area contributed by atoms with Gasteiger partial charge in [-0.25, -0.2) is 19.3 Å². The Balaban J connectivity index is 0.834. The second kappa shape index (κ2) is 29.4. The van der Waals surface area contributed by atoms with Crippen LogP contribution >= 0.6 is 22.9 Å². The molecule has 76 heavy (non-hydrogen) atoms. The highest BCUT2D eigenvalue weighted by atomic mass is 35.5. The standard InChI is InChI=1S/C56H73ClFN9O8S/c1-37-51(76-36-62-37)39-19-17-38(18-20-39)33-59-54(71)47-30-41(68)34-67(47)55(72)52(56(2,3)4)65-50(70)15-8-7-9-24-73-25-10-11-26-74-27-12-13-28-75-48-32-45-42(31-46(48)64-49(69)16-14-23-66(5)6)53(61-35-60-45)63-40-21-22-44(58)43(57)29-40/h14,16-22,29,31-32,35-36,41,47,52,68H,7-13,15,23-28,30,33-34H2,1-6H3,(H,59,71)(H,64,69)(H,65,70)(H,60,61,63). The molecule has 5 N–H and O–H groups in total. The van der Waals surface area contributed by atoms with E-state index in [1.807, 2.05) is 76.5 Å². The molecule has 3 atom stereocenters. The van der Waals surface area contributed by atoms with Crippen LogP contribution in [0.15, 0.2) is 78.6 Å². The van der Waals surface area contributed by atoms with Crippen molar-refractivity contribution in [2.75, 3.05) is 70.9 Å². The number of ether oxygens (including phenoxy) is 3. The van der Waals surface area contributed by atoms with Gasteiger partial charge in [-0.1, -0.05) is 69.1 Å². The predicted octanol–water partition coefficient (Wildman–Crippen LogP) is 9.00. The molecule has 1 saturated heterocycles. The predicted molar refractivity (Wildman–Crippen MR) is 296 cm³/mol. The molecule has 410 valence electrons. The number of hydrogen-bond acceptors (Lipinski definition) is 14. The summed E-state index contributed by atoms with van der Waals surface area (Å²) in [5.74, 6) is -0.925. The van der Waals surface area contributed by atoms with E-state index in [1.165, 1.54) is 29.4 Å². The van der Waals surface area contributed by atoms with Gasteiger partial charge in [-0.3, -0.25) is 19.2 Å². The maximum atomic E-state index is 14.0. The van der Waals surface area contributed by atoms with Crippen molar-refractivity contribution >= 4 is 74.7 Å². The first-order chi connectivity index (χ1) is 36.5. The molecule has 17 nitrogen and oxygen atoms in total. The van der Waals surface area contributed by atoms with Gasteiger partial charge < -0.3 is 50.4 Å². The molecule has 1 aliphatic rings. The SMILES string of the molecule is Cc1ncsc1-c1ccc(CNC(=O)C2CC(O)CN2C(=O)C(NC(=O)CCCCCOCCCCOCCCCOc2cc3ncnc(Nc4ccc(F)c(Cl)c4)c3cc2NC(=O)C=CCN(C)C)C(C)(C)C)cc1. The quantitative estimate of drug-likeness (QED) is 0.0224. The van der Waals surface area contributed by atoms with Crippen LogP contribution in [0.1, 0.15) is 89.8 Å². The molecular formula is C56H73ClFN9O8S. The Labute approximate surface area is 454 Å². The van der Waals surface area contributed by atoms with Gasteiger partial charge in [-0.2, -0.15) is 0 Å². The summed E-state index contributed by atoms with van der Waals surface area (Å²) in [6, 6.07) is 14.0. The van der Waals surface area contributed by atoms with Crippen molar-refractivity contribution in [2.24, 2.45) is 5.41 Å². The third kappa shape index (κ3) is 18.3. The summed E-state index contributed by atoms with van der Waals surface area (Å²) in [6.07, 6.45) is 9.58. The van der Waals surface area contributed by atoms with Crippen molar-refractivity contribution < 1.29 is 42.9 Å². The molecule has 1 aliphatic heterocycles. The summed E-state index contributed by atoms with van der Waals surface area (Å²) in [5.41, 5.74) is 5.66. The Hall–Kier alpha value is -6.09. The largest absolute Gasteiger partial charge is 0.491 e. The summed E-state index contributed by atoms with van der Waals surface area (Å²) in [4.78, 5) is 71.1. The van der Waals surface area contributed by atoms with Crippen LogP contribution in [0.4, 0.5) is 21.6 Å². The molecule has 4 amide bonds. The van der Waals surface area contributed by atoms with E-state index in [1.54, 1.807) is 35.6 Å². The molecule has 5 aromatic rings. The molecule has 6 rings (SSSR count). The van der Waals surface area contributed by atoms with Crippen LogP contribution in [-0.4, -0.2) is 132 Å². The number of anilines is 3.